The standard InChI is InChI=1S/C23H23FN4O/c24-20-8-4-5-9-21(20)27-12-14-28(15-13-27)23(29)19-10-11-25-22(16-19)26-17-18-6-2-1-3-7-18/h1-11,16H,12-15,17H2,(H,25,26). The maximum absolute atomic E-state index is 14.0. The zero-order valence-electron chi connectivity index (χ0n) is 16.1. The fourth-order valence-corrected chi connectivity index (χ4v) is 3.49. The van der Waals surface area contributed by atoms with E-state index < -0.39 is 0 Å². The number of para-hydroxylation sites is 1. The van der Waals surface area contributed by atoms with Gasteiger partial charge in [0.2, 0.25) is 0 Å². The molecule has 1 aromatic heterocycles. The minimum atomic E-state index is -0.226. The van der Waals surface area contributed by atoms with Gasteiger partial charge in [-0.1, -0.05) is 42.5 Å². The maximum Gasteiger partial charge on any atom is 0.254 e. The van der Waals surface area contributed by atoms with Gasteiger partial charge in [-0.15, -0.1) is 0 Å². The van der Waals surface area contributed by atoms with E-state index in [-0.39, 0.29) is 11.7 Å². The third-order valence-electron chi connectivity index (χ3n) is 5.08. The van der Waals surface area contributed by atoms with Crippen molar-refractivity contribution in [3.63, 3.8) is 0 Å². The summed E-state index contributed by atoms with van der Waals surface area (Å²) in [6.07, 6.45) is 1.65. The van der Waals surface area contributed by atoms with E-state index in [0.29, 0.717) is 49.8 Å². The molecule has 1 saturated heterocycles. The Hall–Kier alpha value is -3.41. The summed E-state index contributed by atoms with van der Waals surface area (Å²) in [4.78, 5) is 21.0. The first-order chi connectivity index (χ1) is 14.2. The minimum absolute atomic E-state index is 0.0247. The molecule has 29 heavy (non-hydrogen) atoms. The third kappa shape index (κ3) is 4.54. The molecule has 0 aliphatic carbocycles. The van der Waals surface area contributed by atoms with Crippen molar-refractivity contribution in [3.8, 4) is 0 Å². The molecule has 1 amide bonds. The van der Waals surface area contributed by atoms with Crippen LogP contribution >= 0.6 is 0 Å². The number of rotatable bonds is 5. The molecule has 2 heterocycles. The van der Waals surface area contributed by atoms with Gasteiger partial charge in [-0.2, -0.15) is 0 Å². The zero-order chi connectivity index (χ0) is 20.1. The molecule has 1 aliphatic heterocycles. The highest BCUT2D eigenvalue weighted by Gasteiger charge is 2.23. The van der Waals surface area contributed by atoms with Gasteiger partial charge < -0.3 is 15.1 Å². The Morgan fingerprint density at radius 3 is 2.45 bits per heavy atom. The number of carbonyl (C=O) groups is 1. The molecule has 2 aromatic carbocycles. The molecule has 0 spiro atoms. The van der Waals surface area contributed by atoms with Crippen molar-refractivity contribution in [1.82, 2.24) is 9.88 Å². The topological polar surface area (TPSA) is 48.5 Å². The number of nitrogens with one attached hydrogen (secondary N) is 1. The molecular formula is C23H23FN4O. The number of benzene rings is 2. The Kier molecular flexibility index (Phi) is 5.70. The van der Waals surface area contributed by atoms with Gasteiger partial charge in [0.15, 0.2) is 0 Å². The number of amides is 1. The van der Waals surface area contributed by atoms with Crippen LogP contribution in [0.2, 0.25) is 0 Å². The molecule has 6 heteroatoms. The number of hydrogen-bond acceptors (Lipinski definition) is 4. The predicted octanol–water partition coefficient (Wildman–Crippen LogP) is 3.80. The van der Waals surface area contributed by atoms with Gasteiger partial charge in [-0.3, -0.25) is 4.79 Å². The third-order valence-corrected chi connectivity index (χ3v) is 5.08. The van der Waals surface area contributed by atoms with Crippen molar-refractivity contribution in [2.45, 2.75) is 6.54 Å². The summed E-state index contributed by atoms with van der Waals surface area (Å²) in [6, 6.07) is 20.3. The number of piperazine rings is 1. The van der Waals surface area contributed by atoms with Crippen LogP contribution in [0.4, 0.5) is 15.9 Å². The van der Waals surface area contributed by atoms with Crippen molar-refractivity contribution in [3.05, 3.63) is 89.9 Å². The monoisotopic (exact) mass is 390 g/mol. The molecule has 148 valence electrons. The van der Waals surface area contributed by atoms with Crippen molar-refractivity contribution >= 4 is 17.4 Å². The molecule has 3 aromatic rings. The quantitative estimate of drug-likeness (QED) is 0.720. The molecule has 0 bridgehead atoms. The van der Waals surface area contributed by atoms with Crippen LogP contribution < -0.4 is 10.2 Å². The Morgan fingerprint density at radius 1 is 0.966 bits per heavy atom. The number of halogens is 1. The van der Waals surface area contributed by atoms with E-state index in [9.17, 15) is 9.18 Å². The fourth-order valence-electron chi connectivity index (χ4n) is 3.49. The second-order valence-electron chi connectivity index (χ2n) is 7.00. The molecule has 1 aliphatic rings. The van der Waals surface area contributed by atoms with Crippen molar-refractivity contribution in [2.24, 2.45) is 0 Å². The average molecular weight is 390 g/mol. The Bertz CT molecular complexity index is 971. The Labute approximate surface area is 169 Å². The van der Waals surface area contributed by atoms with Crippen LogP contribution in [0.25, 0.3) is 0 Å². The smallest absolute Gasteiger partial charge is 0.254 e. The highest BCUT2D eigenvalue weighted by molar-refractivity contribution is 5.95. The SMILES string of the molecule is O=C(c1ccnc(NCc2ccccc2)c1)N1CCN(c2ccccc2F)CC1. The lowest BCUT2D eigenvalue weighted by atomic mass is 10.2. The van der Waals surface area contributed by atoms with Crippen molar-refractivity contribution < 1.29 is 9.18 Å². The predicted molar refractivity (Wildman–Crippen MR) is 113 cm³/mol. The summed E-state index contributed by atoms with van der Waals surface area (Å²) in [5, 5.41) is 3.26. The van der Waals surface area contributed by atoms with E-state index in [1.54, 1.807) is 30.5 Å². The second-order valence-corrected chi connectivity index (χ2v) is 7.00. The van der Waals surface area contributed by atoms with Gasteiger partial charge in [0.25, 0.3) is 5.91 Å². The van der Waals surface area contributed by atoms with Crippen LogP contribution in [0, 0.1) is 5.82 Å². The van der Waals surface area contributed by atoms with E-state index in [1.807, 2.05) is 46.2 Å². The van der Waals surface area contributed by atoms with Crippen molar-refractivity contribution in [2.75, 3.05) is 36.4 Å². The van der Waals surface area contributed by atoms with Gasteiger partial charge in [0.05, 0.1) is 5.69 Å². The number of nitrogens with zero attached hydrogens (tertiary/aromatic N) is 3. The highest BCUT2D eigenvalue weighted by Crippen LogP contribution is 2.21. The summed E-state index contributed by atoms with van der Waals surface area (Å²) in [5.74, 6) is 0.420. The number of carbonyl (C=O) groups excluding carboxylic acids is 1. The van der Waals surface area contributed by atoms with Gasteiger partial charge in [0.1, 0.15) is 11.6 Å². The molecule has 0 unspecified atom stereocenters. The van der Waals surface area contributed by atoms with Crippen LogP contribution in [0.1, 0.15) is 15.9 Å². The van der Waals surface area contributed by atoms with Gasteiger partial charge in [-0.25, -0.2) is 9.37 Å². The van der Waals surface area contributed by atoms with Gasteiger partial charge in [0, 0.05) is 44.5 Å². The van der Waals surface area contributed by atoms with E-state index in [4.69, 9.17) is 0 Å². The number of hydrogen-bond donors (Lipinski definition) is 1. The summed E-state index contributed by atoms with van der Waals surface area (Å²) in [7, 11) is 0. The fraction of sp³-hybridized carbons (Fsp3) is 0.217. The molecule has 0 atom stereocenters. The zero-order valence-corrected chi connectivity index (χ0v) is 16.1. The minimum Gasteiger partial charge on any atom is -0.366 e. The summed E-state index contributed by atoms with van der Waals surface area (Å²) in [5.41, 5.74) is 2.35. The summed E-state index contributed by atoms with van der Waals surface area (Å²) in [6.45, 7) is 2.98. The highest BCUT2D eigenvalue weighted by atomic mass is 19.1. The summed E-state index contributed by atoms with van der Waals surface area (Å²) >= 11 is 0. The first-order valence-electron chi connectivity index (χ1n) is 9.73. The van der Waals surface area contributed by atoms with Crippen LogP contribution in [-0.2, 0) is 6.54 Å². The van der Waals surface area contributed by atoms with Gasteiger partial charge >= 0.3 is 0 Å². The first kappa shape index (κ1) is 18.9. The Morgan fingerprint density at radius 2 is 1.69 bits per heavy atom. The normalized spacial score (nSPS) is 14.0. The lowest BCUT2D eigenvalue weighted by Crippen LogP contribution is -2.49. The summed E-state index contributed by atoms with van der Waals surface area (Å²) < 4.78 is 14.0. The number of pyridine rings is 1. The number of aromatic nitrogens is 1. The molecule has 0 saturated carbocycles. The Balaban J connectivity index is 1.37. The molecule has 0 radical (unpaired) electrons. The molecule has 1 N–H and O–H groups in total. The number of anilines is 2. The van der Waals surface area contributed by atoms with E-state index in [2.05, 4.69) is 10.3 Å². The average Bonchev–Trinajstić information content (AvgIpc) is 2.79. The van der Waals surface area contributed by atoms with E-state index in [0.717, 1.165) is 5.56 Å². The van der Waals surface area contributed by atoms with Gasteiger partial charge in [-0.05, 0) is 29.8 Å². The van der Waals surface area contributed by atoms with Crippen LogP contribution in [0.3, 0.4) is 0 Å². The first-order valence-corrected chi connectivity index (χ1v) is 9.73. The van der Waals surface area contributed by atoms with E-state index >= 15 is 0 Å². The lowest BCUT2D eigenvalue weighted by Gasteiger charge is -2.36. The van der Waals surface area contributed by atoms with Crippen molar-refractivity contribution in [1.29, 1.82) is 0 Å². The molecular weight excluding hydrogens is 367 g/mol. The lowest BCUT2D eigenvalue weighted by molar-refractivity contribution is 0.0746. The van der Waals surface area contributed by atoms with Crippen LogP contribution in [-0.4, -0.2) is 42.0 Å². The van der Waals surface area contributed by atoms with Crippen LogP contribution in [0.5, 0.6) is 0 Å². The van der Waals surface area contributed by atoms with E-state index in [1.165, 1.54) is 6.07 Å². The molecule has 4 rings (SSSR count). The largest absolute Gasteiger partial charge is 0.366 e. The second kappa shape index (κ2) is 8.73. The maximum atomic E-state index is 14.0. The molecule has 1 fully saturated rings. The van der Waals surface area contributed by atoms with Crippen LogP contribution in [0.15, 0.2) is 72.9 Å². The molecule has 5 nitrogen and oxygen atoms in total.